The molecule has 1 aromatic carbocycles. The van der Waals surface area contributed by atoms with Crippen molar-refractivity contribution in [2.45, 2.75) is 32.9 Å². The maximum absolute atomic E-state index is 9.58. The highest BCUT2D eigenvalue weighted by Gasteiger charge is 2.12. The predicted molar refractivity (Wildman–Crippen MR) is 72.2 cm³/mol. The number of para-hydroxylation sites is 1. The highest BCUT2D eigenvalue weighted by Crippen LogP contribution is 2.31. The summed E-state index contributed by atoms with van der Waals surface area (Å²) < 4.78 is 11.3. The Morgan fingerprint density at radius 3 is 2.67 bits per heavy atom. The maximum Gasteiger partial charge on any atom is 0.165 e. The first kappa shape index (κ1) is 14.8. The molecule has 0 spiro atoms. The van der Waals surface area contributed by atoms with Crippen molar-refractivity contribution in [2.75, 3.05) is 20.3 Å². The zero-order chi connectivity index (χ0) is 13.4. The molecule has 0 fully saturated rings. The zero-order valence-corrected chi connectivity index (χ0v) is 11.4. The average molecular weight is 253 g/mol. The maximum atomic E-state index is 9.58. The Labute approximate surface area is 109 Å². The van der Waals surface area contributed by atoms with Crippen molar-refractivity contribution in [3.63, 3.8) is 0 Å². The van der Waals surface area contributed by atoms with Crippen LogP contribution in [0.2, 0.25) is 0 Å². The van der Waals surface area contributed by atoms with Crippen molar-refractivity contribution in [1.82, 2.24) is 5.32 Å². The lowest BCUT2D eigenvalue weighted by Crippen LogP contribution is -2.18. The Kier molecular flexibility index (Phi) is 6.54. The Morgan fingerprint density at radius 1 is 1.28 bits per heavy atom. The summed E-state index contributed by atoms with van der Waals surface area (Å²) in [7, 11) is 1.89. The monoisotopic (exact) mass is 253 g/mol. The largest absolute Gasteiger partial charge is 0.490 e. The standard InChI is InChI=1S/C14H23NO3/c1-4-12(16)10-18-14-11(9-15-3)7-6-8-13(14)17-5-2/h6-8,12,15-16H,4-5,9-10H2,1-3H3. The minimum atomic E-state index is -0.442. The first-order chi connectivity index (χ1) is 8.72. The third-order valence-corrected chi connectivity index (χ3v) is 2.62. The molecule has 4 heteroatoms. The first-order valence-corrected chi connectivity index (χ1v) is 6.43. The van der Waals surface area contributed by atoms with Gasteiger partial charge in [0, 0.05) is 12.1 Å². The van der Waals surface area contributed by atoms with Crippen LogP contribution in [0.1, 0.15) is 25.8 Å². The smallest absolute Gasteiger partial charge is 0.165 e. The third-order valence-electron chi connectivity index (χ3n) is 2.62. The third kappa shape index (κ3) is 4.20. The van der Waals surface area contributed by atoms with Gasteiger partial charge in [-0.05, 0) is 26.5 Å². The van der Waals surface area contributed by atoms with Crippen LogP contribution in [0.15, 0.2) is 18.2 Å². The SMILES string of the molecule is CCOc1cccc(CNC)c1OCC(O)CC. The van der Waals surface area contributed by atoms with Crippen LogP contribution in [-0.4, -0.2) is 31.5 Å². The number of rotatable bonds is 8. The van der Waals surface area contributed by atoms with Crippen LogP contribution in [0.25, 0.3) is 0 Å². The fourth-order valence-electron chi connectivity index (χ4n) is 1.62. The summed E-state index contributed by atoms with van der Waals surface area (Å²) in [5.74, 6) is 1.45. The van der Waals surface area contributed by atoms with E-state index in [4.69, 9.17) is 9.47 Å². The van der Waals surface area contributed by atoms with Gasteiger partial charge in [-0.25, -0.2) is 0 Å². The van der Waals surface area contributed by atoms with Crippen LogP contribution in [0.5, 0.6) is 11.5 Å². The van der Waals surface area contributed by atoms with Crippen LogP contribution in [0.3, 0.4) is 0 Å². The summed E-state index contributed by atoms with van der Waals surface area (Å²) in [6.07, 6.45) is 0.236. The highest BCUT2D eigenvalue weighted by molar-refractivity contribution is 5.46. The Balaban J connectivity index is 2.87. The van der Waals surface area contributed by atoms with E-state index in [1.165, 1.54) is 0 Å². The van der Waals surface area contributed by atoms with Gasteiger partial charge in [-0.3, -0.25) is 0 Å². The minimum Gasteiger partial charge on any atom is -0.490 e. The molecule has 0 saturated heterocycles. The molecule has 18 heavy (non-hydrogen) atoms. The Hall–Kier alpha value is -1.26. The van der Waals surface area contributed by atoms with E-state index >= 15 is 0 Å². The summed E-state index contributed by atoms with van der Waals surface area (Å²) >= 11 is 0. The summed E-state index contributed by atoms with van der Waals surface area (Å²) in [5.41, 5.74) is 1.03. The van der Waals surface area contributed by atoms with Gasteiger partial charge in [-0.15, -0.1) is 0 Å². The number of aliphatic hydroxyl groups excluding tert-OH is 1. The number of hydrogen-bond acceptors (Lipinski definition) is 4. The van der Waals surface area contributed by atoms with Gasteiger partial charge in [0.25, 0.3) is 0 Å². The van der Waals surface area contributed by atoms with Crippen molar-refractivity contribution >= 4 is 0 Å². The van der Waals surface area contributed by atoms with Crippen molar-refractivity contribution in [2.24, 2.45) is 0 Å². The molecule has 0 aromatic heterocycles. The Morgan fingerprint density at radius 2 is 2.06 bits per heavy atom. The van der Waals surface area contributed by atoms with Crippen molar-refractivity contribution < 1.29 is 14.6 Å². The average Bonchev–Trinajstić information content (AvgIpc) is 2.38. The van der Waals surface area contributed by atoms with E-state index in [0.29, 0.717) is 19.6 Å². The number of hydrogen-bond donors (Lipinski definition) is 2. The quantitative estimate of drug-likeness (QED) is 0.743. The molecular formula is C14H23NO3. The summed E-state index contributed by atoms with van der Waals surface area (Å²) in [4.78, 5) is 0. The second-order valence-corrected chi connectivity index (χ2v) is 4.08. The number of nitrogens with one attached hydrogen (secondary N) is 1. The molecule has 0 saturated carbocycles. The van der Waals surface area contributed by atoms with E-state index in [-0.39, 0.29) is 6.61 Å². The number of ether oxygens (including phenoxy) is 2. The Bertz CT molecular complexity index is 331. The first-order valence-electron chi connectivity index (χ1n) is 6.43. The van der Waals surface area contributed by atoms with Gasteiger partial charge in [0.1, 0.15) is 6.61 Å². The number of benzene rings is 1. The minimum absolute atomic E-state index is 0.289. The molecule has 0 radical (unpaired) electrons. The van der Waals surface area contributed by atoms with E-state index in [2.05, 4.69) is 5.32 Å². The second-order valence-electron chi connectivity index (χ2n) is 4.08. The van der Waals surface area contributed by atoms with Gasteiger partial charge in [0.2, 0.25) is 0 Å². The van der Waals surface area contributed by atoms with E-state index in [0.717, 1.165) is 17.1 Å². The van der Waals surface area contributed by atoms with Gasteiger partial charge in [-0.1, -0.05) is 19.1 Å². The van der Waals surface area contributed by atoms with Crippen LogP contribution in [0, 0.1) is 0 Å². The molecule has 0 aliphatic carbocycles. The molecule has 0 heterocycles. The van der Waals surface area contributed by atoms with Crippen molar-refractivity contribution in [3.05, 3.63) is 23.8 Å². The summed E-state index contributed by atoms with van der Waals surface area (Å²) in [6.45, 7) is 5.46. The van der Waals surface area contributed by atoms with E-state index in [9.17, 15) is 5.11 Å². The lowest BCUT2D eigenvalue weighted by atomic mass is 10.2. The molecule has 2 N–H and O–H groups in total. The van der Waals surface area contributed by atoms with Crippen LogP contribution in [0.4, 0.5) is 0 Å². The summed E-state index contributed by atoms with van der Waals surface area (Å²) in [5, 5.41) is 12.7. The molecular weight excluding hydrogens is 230 g/mol. The zero-order valence-electron chi connectivity index (χ0n) is 11.4. The molecule has 0 bridgehead atoms. The van der Waals surface area contributed by atoms with Gasteiger partial charge >= 0.3 is 0 Å². The topological polar surface area (TPSA) is 50.7 Å². The fourth-order valence-corrected chi connectivity index (χ4v) is 1.62. The molecule has 1 atom stereocenters. The van der Waals surface area contributed by atoms with Crippen LogP contribution in [-0.2, 0) is 6.54 Å². The fraction of sp³-hybridized carbons (Fsp3) is 0.571. The molecule has 102 valence electrons. The molecule has 1 rings (SSSR count). The predicted octanol–water partition coefficient (Wildman–Crippen LogP) is 1.95. The molecule has 0 aliphatic rings. The lowest BCUT2D eigenvalue weighted by Gasteiger charge is -2.17. The molecule has 1 unspecified atom stereocenters. The van der Waals surface area contributed by atoms with Crippen LogP contribution < -0.4 is 14.8 Å². The van der Waals surface area contributed by atoms with Crippen LogP contribution >= 0.6 is 0 Å². The highest BCUT2D eigenvalue weighted by atomic mass is 16.5. The molecule has 4 nitrogen and oxygen atoms in total. The van der Waals surface area contributed by atoms with Crippen molar-refractivity contribution in [3.8, 4) is 11.5 Å². The molecule has 1 aromatic rings. The van der Waals surface area contributed by atoms with Gasteiger partial charge in [0.15, 0.2) is 11.5 Å². The van der Waals surface area contributed by atoms with Gasteiger partial charge in [-0.2, -0.15) is 0 Å². The van der Waals surface area contributed by atoms with E-state index in [1.807, 2.05) is 39.1 Å². The molecule has 0 amide bonds. The van der Waals surface area contributed by atoms with Crippen molar-refractivity contribution in [1.29, 1.82) is 0 Å². The van der Waals surface area contributed by atoms with E-state index < -0.39 is 6.10 Å². The second kappa shape index (κ2) is 7.95. The van der Waals surface area contributed by atoms with E-state index in [1.54, 1.807) is 0 Å². The van der Waals surface area contributed by atoms with Gasteiger partial charge in [0.05, 0.1) is 12.7 Å². The van der Waals surface area contributed by atoms with Gasteiger partial charge < -0.3 is 19.9 Å². The number of aliphatic hydroxyl groups is 1. The lowest BCUT2D eigenvalue weighted by molar-refractivity contribution is 0.101. The summed E-state index contributed by atoms with van der Waals surface area (Å²) in [6, 6.07) is 5.82. The normalized spacial score (nSPS) is 12.2. The molecule has 0 aliphatic heterocycles.